The van der Waals surface area contributed by atoms with Gasteiger partial charge in [-0.15, -0.1) is 0 Å². The van der Waals surface area contributed by atoms with Crippen molar-refractivity contribution in [3.8, 4) is 0 Å². The van der Waals surface area contributed by atoms with Gasteiger partial charge in [-0.25, -0.2) is 0 Å². The maximum absolute atomic E-state index is 13.2. The minimum absolute atomic E-state index is 0.237. The molecule has 0 spiro atoms. The minimum Gasteiger partial charge on any atom is -0.340 e. The summed E-state index contributed by atoms with van der Waals surface area (Å²) in [6.45, 7) is 0. The lowest BCUT2D eigenvalue weighted by atomic mass is 10.0. The normalized spacial score (nSPS) is 11.6. The Kier molecular flexibility index (Phi) is 6.88. The number of carbonyl (C=O) groups excluding carboxylic acids is 2. The van der Waals surface area contributed by atoms with Crippen molar-refractivity contribution >= 4 is 28.3 Å². The van der Waals surface area contributed by atoms with E-state index in [4.69, 9.17) is 0 Å². The largest absolute Gasteiger partial charge is 0.340 e. The number of hydrogen-bond acceptors (Lipinski definition) is 3. The first-order valence-electron chi connectivity index (χ1n) is 10.7. The van der Waals surface area contributed by atoms with Gasteiger partial charge in [0.2, 0.25) is 5.91 Å². The Morgan fingerprint density at radius 3 is 2.38 bits per heavy atom. The first-order chi connectivity index (χ1) is 15.7. The van der Waals surface area contributed by atoms with Crippen LogP contribution in [0.4, 0.5) is 5.69 Å². The molecular formula is C27H25N3O2. The van der Waals surface area contributed by atoms with Gasteiger partial charge in [0.05, 0.1) is 5.69 Å². The molecule has 3 aromatic carbocycles. The molecule has 1 unspecified atom stereocenters. The Hall–Kier alpha value is -3.99. The summed E-state index contributed by atoms with van der Waals surface area (Å²) in [6, 6.07) is 26.1. The number of amides is 2. The van der Waals surface area contributed by atoms with E-state index in [1.807, 2.05) is 60.7 Å². The van der Waals surface area contributed by atoms with Crippen molar-refractivity contribution in [3.63, 3.8) is 0 Å². The van der Waals surface area contributed by atoms with E-state index in [1.54, 1.807) is 24.5 Å². The highest BCUT2D eigenvalue weighted by Crippen LogP contribution is 2.22. The van der Waals surface area contributed by atoms with E-state index in [0.29, 0.717) is 17.7 Å². The Morgan fingerprint density at radius 2 is 1.59 bits per heavy atom. The smallest absolute Gasteiger partial charge is 0.251 e. The van der Waals surface area contributed by atoms with Gasteiger partial charge in [0.1, 0.15) is 6.04 Å². The summed E-state index contributed by atoms with van der Waals surface area (Å²) in [5.74, 6) is -0.497. The zero-order chi connectivity index (χ0) is 22.2. The number of pyridine rings is 1. The molecule has 0 aliphatic rings. The van der Waals surface area contributed by atoms with E-state index in [9.17, 15) is 9.59 Å². The molecular weight excluding hydrogens is 398 g/mol. The van der Waals surface area contributed by atoms with Crippen LogP contribution in [0, 0.1) is 0 Å². The van der Waals surface area contributed by atoms with Crippen LogP contribution in [0.25, 0.3) is 10.8 Å². The summed E-state index contributed by atoms with van der Waals surface area (Å²) in [5, 5.41) is 7.77. The fourth-order valence-corrected chi connectivity index (χ4v) is 3.70. The van der Waals surface area contributed by atoms with Gasteiger partial charge < -0.3 is 10.6 Å². The van der Waals surface area contributed by atoms with Gasteiger partial charge in [0.25, 0.3) is 5.91 Å². The lowest BCUT2D eigenvalue weighted by molar-refractivity contribution is -0.118. The number of nitrogens with one attached hydrogen (secondary N) is 2. The van der Waals surface area contributed by atoms with Crippen LogP contribution >= 0.6 is 0 Å². The molecule has 0 radical (unpaired) electrons. The molecule has 160 valence electrons. The van der Waals surface area contributed by atoms with Crippen molar-refractivity contribution < 1.29 is 9.59 Å². The summed E-state index contributed by atoms with van der Waals surface area (Å²) < 4.78 is 0. The van der Waals surface area contributed by atoms with Crippen molar-refractivity contribution in [1.29, 1.82) is 0 Å². The topological polar surface area (TPSA) is 71.1 Å². The highest BCUT2D eigenvalue weighted by atomic mass is 16.2. The Labute approximate surface area is 187 Å². The van der Waals surface area contributed by atoms with Crippen molar-refractivity contribution in [3.05, 3.63) is 108 Å². The molecule has 1 atom stereocenters. The molecule has 0 saturated carbocycles. The molecule has 0 bridgehead atoms. The third kappa shape index (κ3) is 5.38. The summed E-state index contributed by atoms with van der Waals surface area (Å²) in [5.41, 5.74) is 2.42. The van der Waals surface area contributed by atoms with E-state index in [1.165, 1.54) is 5.56 Å². The van der Waals surface area contributed by atoms with Crippen molar-refractivity contribution in [1.82, 2.24) is 10.3 Å². The van der Waals surface area contributed by atoms with Gasteiger partial charge >= 0.3 is 0 Å². The highest BCUT2D eigenvalue weighted by molar-refractivity contribution is 6.05. The number of hydrogen-bond donors (Lipinski definition) is 2. The zero-order valence-corrected chi connectivity index (χ0v) is 17.7. The summed E-state index contributed by atoms with van der Waals surface area (Å²) >= 11 is 0. The van der Waals surface area contributed by atoms with Crippen molar-refractivity contribution in [2.24, 2.45) is 0 Å². The third-order valence-electron chi connectivity index (χ3n) is 5.40. The van der Waals surface area contributed by atoms with E-state index in [2.05, 4.69) is 27.8 Å². The first-order valence-corrected chi connectivity index (χ1v) is 10.7. The molecule has 0 aliphatic heterocycles. The molecule has 5 heteroatoms. The van der Waals surface area contributed by atoms with Crippen LogP contribution in [0.3, 0.4) is 0 Å². The average Bonchev–Trinajstić information content (AvgIpc) is 2.85. The van der Waals surface area contributed by atoms with Crippen molar-refractivity contribution in [2.45, 2.75) is 25.3 Å². The predicted molar refractivity (Wildman–Crippen MR) is 127 cm³/mol. The summed E-state index contributed by atoms with van der Waals surface area (Å²) in [6.07, 6.45) is 5.60. The SMILES string of the molecule is O=C(NC(CCCc1ccccc1)C(=O)Nc1cccc2ccncc12)c1ccccc1. The molecule has 0 aliphatic carbocycles. The van der Waals surface area contributed by atoms with Gasteiger partial charge in [0, 0.05) is 23.3 Å². The number of anilines is 1. The number of rotatable bonds is 8. The van der Waals surface area contributed by atoms with Gasteiger partial charge in [-0.3, -0.25) is 14.6 Å². The lowest BCUT2D eigenvalue weighted by Crippen LogP contribution is -2.43. The molecule has 4 rings (SSSR count). The average molecular weight is 424 g/mol. The number of benzene rings is 3. The first kappa shape index (κ1) is 21.2. The molecule has 1 aromatic heterocycles. The van der Waals surface area contributed by atoms with Crippen LogP contribution in [0.2, 0.25) is 0 Å². The molecule has 2 N–H and O–H groups in total. The Morgan fingerprint density at radius 1 is 0.844 bits per heavy atom. The lowest BCUT2D eigenvalue weighted by Gasteiger charge is -2.19. The van der Waals surface area contributed by atoms with Crippen molar-refractivity contribution in [2.75, 3.05) is 5.32 Å². The molecule has 32 heavy (non-hydrogen) atoms. The second kappa shape index (κ2) is 10.4. The number of aromatic nitrogens is 1. The van der Waals surface area contributed by atoms with Crippen LogP contribution in [-0.4, -0.2) is 22.8 Å². The monoisotopic (exact) mass is 423 g/mol. The van der Waals surface area contributed by atoms with Crippen LogP contribution in [-0.2, 0) is 11.2 Å². The zero-order valence-electron chi connectivity index (χ0n) is 17.7. The molecule has 4 aromatic rings. The van der Waals surface area contributed by atoms with Gasteiger partial charge in [0.15, 0.2) is 0 Å². The molecule has 5 nitrogen and oxygen atoms in total. The maximum Gasteiger partial charge on any atom is 0.251 e. The fraction of sp³-hybridized carbons (Fsp3) is 0.148. The number of aryl methyl sites for hydroxylation is 1. The second-order valence-corrected chi connectivity index (χ2v) is 7.66. The number of fused-ring (bicyclic) bond motifs is 1. The Bertz CT molecular complexity index is 1190. The maximum atomic E-state index is 13.2. The molecule has 0 saturated heterocycles. The van der Waals surface area contributed by atoms with E-state index in [0.717, 1.165) is 23.6 Å². The second-order valence-electron chi connectivity index (χ2n) is 7.66. The minimum atomic E-state index is -0.654. The van der Waals surface area contributed by atoms with E-state index < -0.39 is 6.04 Å². The standard InChI is InChI=1S/C27H25N3O2/c31-26(22-12-5-2-6-13-22)30-25(16-7-11-20-9-3-1-4-10-20)27(32)29-24-15-8-14-21-17-18-28-19-23(21)24/h1-6,8-10,12-15,17-19,25H,7,11,16H2,(H,29,32)(H,30,31). The van der Waals surface area contributed by atoms with Crippen LogP contribution < -0.4 is 10.6 Å². The van der Waals surface area contributed by atoms with Gasteiger partial charge in [-0.1, -0.05) is 60.7 Å². The molecule has 2 amide bonds. The number of nitrogens with zero attached hydrogens (tertiary/aromatic N) is 1. The van der Waals surface area contributed by atoms with E-state index in [-0.39, 0.29) is 11.8 Å². The molecule has 0 fully saturated rings. The number of carbonyl (C=O) groups is 2. The summed E-state index contributed by atoms with van der Waals surface area (Å²) in [7, 11) is 0. The van der Waals surface area contributed by atoms with E-state index >= 15 is 0 Å². The third-order valence-corrected chi connectivity index (χ3v) is 5.40. The molecule has 1 heterocycles. The van der Waals surface area contributed by atoms with Crippen LogP contribution in [0.15, 0.2) is 97.3 Å². The Balaban J connectivity index is 1.50. The van der Waals surface area contributed by atoms with Crippen LogP contribution in [0.1, 0.15) is 28.8 Å². The van der Waals surface area contributed by atoms with Gasteiger partial charge in [-0.2, -0.15) is 0 Å². The fourth-order valence-electron chi connectivity index (χ4n) is 3.70. The highest BCUT2D eigenvalue weighted by Gasteiger charge is 2.22. The quantitative estimate of drug-likeness (QED) is 0.419. The summed E-state index contributed by atoms with van der Waals surface area (Å²) in [4.78, 5) is 30.2. The predicted octanol–water partition coefficient (Wildman–Crippen LogP) is 4.99. The van der Waals surface area contributed by atoms with Gasteiger partial charge in [-0.05, 0) is 54.5 Å². The van der Waals surface area contributed by atoms with Crippen LogP contribution in [0.5, 0.6) is 0 Å².